The number of hydrogen-bond donors (Lipinski definition) is 1. The molecule has 1 atom stereocenters. The molecule has 130 valence electrons. The summed E-state index contributed by atoms with van der Waals surface area (Å²) < 4.78 is 0.977. The fourth-order valence-corrected chi connectivity index (χ4v) is 3.90. The van der Waals surface area contributed by atoms with E-state index in [1.165, 1.54) is 0 Å². The molecule has 1 N–H and O–H groups in total. The van der Waals surface area contributed by atoms with Gasteiger partial charge in [0.1, 0.15) is 0 Å². The molecule has 0 spiro atoms. The van der Waals surface area contributed by atoms with Gasteiger partial charge in [-0.3, -0.25) is 9.59 Å². The highest BCUT2D eigenvalue weighted by atomic mass is 79.9. The number of anilines is 2. The number of nitrogens with zero attached hydrogens (tertiary/aromatic N) is 1. The Kier molecular flexibility index (Phi) is 5.16. The van der Waals surface area contributed by atoms with Crippen LogP contribution in [0.15, 0.2) is 40.9 Å². The zero-order valence-electron chi connectivity index (χ0n) is 14.0. The molecule has 0 bridgehead atoms. The van der Waals surface area contributed by atoms with Crippen LogP contribution in [0.3, 0.4) is 0 Å². The number of rotatable bonds is 3. The Labute approximate surface area is 160 Å². The van der Waals surface area contributed by atoms with Gasteiger partial charge in [0.25, 0.3) is 0 Å². The predicted octanol–water partition coefficient (Wildman–Crippen LogP) is 4.71. The third kappa shape index (κ3) is 3.88. The maximum absolute atomic E-state index is 12.7. The van der Waals surface area contributed by atoms with Crippen molar-refractivity contribution in [2.24, 2.45) is 5.92 Å². The Morgan fingerprint density at radius 1 is 1.20 bits per heavy atom. The van der Waals surface area contributed by atoms with Gasteiger partial charge in [-0.05, 0) is 61.4 Å². The van der Waals surface area contributed by atoms with Crippen molar-refractivity contribution in [2.45, 2.75) is 20.3 Å². The van der Waals surface area contributed by atoms with Crippen LogP contribution in [0.5, 0.6) is 0 Å². The first kappa shape index (κ1) is 18.0. The fourth-order valence-electron chi connectivity index (χ4n) is 3.09. The van der Waals surface area contributed by atoms with Gasteiger partial charge < -0.3 is 10.2 Å². The van der Waals surface area contributed by atoms with Crippen molar-refractivity contribution in [3.8, 4) is 0 Å². The zero-order chi connectivity index (χ0) is 18.1. The Bertz CT molecular complexity index is 813. The molecule has 0 aromatic heterocycles. The molecule has 1 saturated heterocycles. The molecular formula is C19H18BrClN2O2. The molecule has 4 nitrogen and oxygen atoms in total. The molecule has 1 heterocycles. The summed E-state index contributed by atoms with van der Waals surface area (Å²) >= 11 is 9.35. The standard InChI is InChI=1S/C19H18BrClN2O2/c1-11-7-14(20)8-12(2)18(11)22-19(25)13-9-17(24)23(10-13)16-5-3-15(21)4-6-16/h3-8,13H,9-10H2,1-2H3,(H,22,25)/t13-/m1/s1. The molecule has 0 radical (unpaired) electrons. The Morgan fingerprint density at radius 2 is 1.80 bits per heavy atom. The zero-order valence-corrected chi connectivity index (χ0v) is 16.3. The number of hydrogen-bond acceptors (Lipinski definition) is 2. The highest BCUT2D eigenvalue weighted by Gasteiger charge is 2.35. The summed E-state index contributed by atoms with van der Waals surface area (Å²) in [6, 6.07) is 11.0. The van der Waals surface area contributed by atoms with Crippen molar-refractivity contribution < 1.29 is 9.59 Å². The van der Waals surface area contributed by atoms with Gasteiger partial charge in [0, 0.05) is 33.8 Å². The van der Waals surface area contributed by atoms with E-state index in [0.717, 1.165) is 27.0 Å². The van der Waals surface area contributed by atoms with E-state index in [1.807, 2.05) is 26.0 Å². The van der Waals surface area contributed by atoms with Crippen LogP contribution in [0.4, 0.5) is 11.4 Å². The second kappa shape index (κ2) is 7.18. The van der Waals surface area contributed by atoms with E-state index < -0.39 is 0 Å². The van der Waals surface area contributed by atoms with Gasteiger partial charge in [-0.15, -0.1) is 0 Å². The van der Waals surface area contributed by atoms with Gasteiger partial charge in [-0.2, -0.15) is 0 Å². The SMILES string of the molecule is Cc1cc(Br)cc(C)c1NC(=O)[C@@H]1CC(=O)N(c2ccc(Cl)cc2)C1. The van der Waals surface area contributed by atoms with Crippen LogP contribution in [0.1, 0.15) is 17.5 Å². The normalized spacial score (nSPS) is 17.0. The third-order valence-corrected chi connectivity index (χ3v) is 5.09. The summed E-state index contributed by atoms with van der Waals surface area (Å²) in [4.78, 5) is 26.6. The van der Waals surface area contributed by atoms with Crippen molar-refractivity contribution in [3.05, 3.63) is 57.0 Å². The monoisotopic (exact) mass is 420 g/mol. The smallest absolute Gasteiger partial charge is 0.229 e. The fraction of sp³-hybridized carbons (Fsp3) is 0.263. The molecule has 0 unspecified atom stereocenters. The van der Waals surface area contributed by atoms with Gasteiger partial charge in [0.05, 0.1) is 5.92 Å². The summed E-state index contributed by atoms with van der Waals surface area (Å²) in [5.74, 6) is -0.546. The van der Waals surface area contributed by atoms with Gasteiger partial charge in [-0.1, -0.05) is 27.5 Å². The van der Waals surface area contributed by atoms with Gasteiger partial charge in [0.2, 0.25) is 11.8 Å². The number of aryl methyl sites for hydroxylation is 2. The first-order valence-corrected chi connectivity index (χ1v) is 9.16. The minimum Gasteiger partial charge on any atom is -0.325 e. The van der Waals surface area contributed by atoms with Crippen molar-refractivity contribution in [3.63, 3.8) is 0 Å². The second-order valence-corrected chi connectivity index (χ2v) is 7.64. The third-order valence-electron chi connectivity index (χ3n) is 4.38. The largest absolute Gasteiger partial charge is 0.325 e. The number of nitrogens with one attached hydrogen (secondary N) is 1. The van der Waals surface area contributed by atoms with Crippen LogP contribution in [0.2, 0.25) is 5.02 Å². The van der Waals surface area contributed by atoms with E-state index in [1.54, 1.807) is 29.2 Å². The molecule has 6 heteroatoms. The summed E-state index contributed by atoms with van der Waals surface area (Å²) in [5, 5.41) is 3.61. The highest BCUT2D eigenvalue weighted by molar-refractivity contribution is 9.10. The Hall–Kier alpha value is -1.85. The molecule has 3 rings (SSSR count). The van der Waals surface area contributed by atoms with E-state index >= 15 is 0 Å². The van der Waals surface area contributed by atoms with Crippen LogP contribution < -0.4 is 10.2 Å². The molecule has 0 aliphatic carbocycles. The lowest BCUT2D eigenvalue weighted by atomic mass is 10.1. The van der Waals surface area contributed by atoms with E-state index in [4.69, 9.17) is 11.6 Å². The minimum absolute atomic E-state index is 0.0493. The lowest BCUT2D eigenvalue weighted by Crippen LogP contribution is -2.28. The summed E-state index contributed by atoms with van der Waals surface area (Å²) in [7, 11) is 0. The first-order chi connectivity index (χ1) is 11.8. The second-order valence-electron chi connectivity index (χ2n) is 6.29. The summed E-state index contributed by atoms with van der Waals surface area (Å²) in [6.45, 7) is 4.28. The first-order valence-electron chi connectivity index (χ1n) is 7.98. The van der Waals surface area contributed by atoms with Crippen molar-refractivity contribution in [2.75, 3.05) is 16.8 Å². The predicted molar refractivity (Wildman–Crippen MR) is 104 cm³/mol. The molecule has 2 aromatic carbocycles. The van der Waals surface area contributed by atoms with Crippen LogP contribution in [0.25, 0.3) is 0 Å². The van der Waals surface area contributed by atoms with E-state index in [2.05, 4.69) is 21.2 Å². The van der Waals surface area contributed by atoms with Crippen LogP contribution in [-0.4, -0.2) is 18.4 Å². The maximum atomic E-state index is 12.7. The summed E-state index contributed by atoms with van der Waals surface area (Å²) in [6.07, 6.45) is 0.211. The highest BCUT2D eigenvalue weighted by Crippen LogP contribution is 2.29. The molecular weight excluding hydrogens is 404 g/mol. The number of amides is 2. The van der Waals surface area contributed by atoms with Crippen molar-refractivity contribution >= 4 is 50.7 Å². The average molecular weight is 422 g/mol. The van der Waals surface area contributed by atoms with Crippen LogP contribution >= 0.6 is 27.5 Å². The van der Waals surface area contributed by atoms with E-state index in [0.29, 0.717) is 11.6 Å². The lowest BCUT2D eigenvalue weighted by molar-refractivity contribution is -0.122. The summed E-state index contributed by atoms with van der Waals surface area (Å²) in [5.41, 5.74) is 3.55. The number of carbonyl (C=O) groups excluding carboxylic acids is 2. The molecule has 25 heavy (non-hydrogen) atoms. The molecule has 2 amide bonds. The molecule has 1 aliphatic heterocycles. The van der Waals surface area contributed by atoms with Crippen LogP contribution in [-0.2, 0) is 9.59 Å². The molecule has 0 saturated carbocycles. The molecule has 1 fully saturated rings. The quantitative estimate of drug-likeness (QED) is 0.780. The topological polar surface area (TPSA) is 49.4 Å². The van der Waals surface area contributed by atoms with Gasteiger partial charge in [-0.25, -0.2) is 0 Å². The van der Waals surface area contributed by atoms with Crippen LogP contribution in [0, 0.1) is 19.8 Å². The maximum Gasteiger partial charge on any atom is 0.229 e. The number of halogens is 2. The van der Waals surface area contributed by atoms with E-state index in [9.17, 15) is 9.59 Å². The van der Waals surface area contributed by atoms with E-state index in [-0.39, 0.29) is 24.2 Å². The average Bonchev–Trinajstić information content (AvgIpc) is 2.93. The van der Waals surface area contributed by atoms with Crippen molar-refractivity contribution in [1.29, 1.82) is 0 Å². The molecule has 2 aromatic rings. The van der Waals surface area contributed by atoms with Gasteiger partial charge in [0.15, 0.2) is 0 Å². The van der Waals surface area contributed by atoms with Gasteiger partial charge >= 0.3 is 0 Å². The van der Waals surface area contributed by atoms with Crippen molar-refractivity contribution in [1.82, 2.24) is 0 Å². The minimum atomic E-state index is -0.370. The lowest BCUT2D eigenvalue weighted by Gasteiger charge is -2.18. The Balaban J connectivity index is 1.74. The number of carbonyl (C=O) groups is 2. The Morgan fingerprint density at radius 3 is 2.40 bits per heavy atom. The molecule has 1 aliphatic rings. The number of benzene rings is 2.